The van der Waals surface area contributed by atoms with Crippen LogP contribution < -0.4 is 10.2 Å². The van der Waals surface area contributed by atoms with Gasteiger partial charge in [-0.2, -0.15) is 0 Å². The molecule has 0 atom stereocenters. The number of nitrogens with zero attached hydrogens (tertiary/aromatic N) is 3. The Bertz CT molecular complexity index is 424. The summed E-state index contributed by atoms with van der Waals surface area (Å²) in [6.45, 7) is 8.82. The second-order valence-electron chi connectivity index (χ2n) is 5.78. The molecule has 0 spiro atoms. The molecule has 1 aliphatic rings. The standard InChI is InChI=1S/C16H28N4/c1-5-20-8-6-15(7-9-20)19(4)16-11-14(12-17-3)10-13(2)18-16/h10-11,15,17H,5-9,12H2,1-4H3. The molecule has 112 valence electrons. The maximum absolute atomic E-state index is 4.71. The fourth-order valence-electron chi connectivity index (χ4n) is 3.02. The number of aryl methyl sites for hydroxylation is 1. The van der Waals surface area contributed by atoms with Gasteiger partial charge in [0.25, 0.3) is 0 Å². The summed E-state index contributed by atoms with van der Waals surface area (Å²) < 4.78 is 0. The Hall–Kier alpha value is -1.13. The summed E-state index contributed by atoms with van der Waals surface area (Å²) >= 11 is 0. The zero-order chi connectivity index (χ0) is 14.5. The number of likely N-dealkylation sites (tertiary alicyclic amines) is 1. The average Bonchev–Trinajstić information content (AvgIpc) is 2.46. The number of hydrogen-bond acceptors (Lipinski definition) is 4. The van der Waals surface area contributed by atoms with Crippen molar-refractivity contribution in [1.82, 2.24) is 15.2 Å². The fraction of sp³-hybridized carbons (Fsp3) is 0.688. The van der Waals surface area contributed by atoms with E-state index < -0.39 is 0 Å². The van der Waals surface area contributed by atoms with Crippen molar-refractivity contribution >= 4 is 5.82 Å². The predicted octanol–water partition coefficient (Wildman–Crippen LogP) is 2.03. The lowest BCUT2D eigenvalue weighted by atomic mass is 10.0. The maximum atomic E-state index is 4.71. The number of piperidine rings is 1. The predicted molar refractivity (Wildman–Crippen MR) is 85.3 cm³/mol. The Balaban J connectivity index is 2.07. The van der Waals surface area contributed by atoms with Crippen LogP contribution in [-0.2, 0) is 6.54 Å². The van der Waals surface area contributed by atoms with Crippen LogP contribution in [0.5, 0.6) is 0 Å². The van der Waals surface area contributed by atoms with Gasteiger partial charge in [-0.1, -0.05) is 6.92 Å². The summed E-state index contributed by atoms with van der Waals surface area (Å²) in [7, 11) is 4.18. The number of nitrogens with one attached hydrogen (secondary N) is 1. The molecule has 0 bridgehead atoms. The largest absolute Gasteiger partial charge is 0.357 e. The molecule has 4 heteroatoms. The first-order valence-corrected chi connectivity index (χ1v) is 7.71. The molecule has 1 aromatic rings. The monoisotopic (exact) mass is 276 g/mol. The van der Waals surface area contributed by atoms with Gasteiger partial charge < -0.3 is 15.1 Å². The third kappa shape index (κ3) is 3.70. The molecule has 0 saturated carbocycles. The summed E-state index contributed by atoms with van der Waals surface area (Å²) in [5.41, 5.74) is 2.42. The summed E-state index contributed by atoms with van der Waals surface area (Å²) in [6, 6.07) is 5.00. The van der Waals surface area contributed by atoms with Gasteiger partial charge >= 0.3 is 0 Å². The van der Waals surface area contributed by atoms with Crippen molar-refractivity contribution in [3.05, 3.63) is 23.4 Å². The van der Waals surface area contributed by atoms with Gasteiger partial charge in [-0.05, 0) is 51.1 Å². The van der Waals surface area contributed by atoms with Gasteiger partial charge in [0.1, 0.15) is 5.82 Å². The Kier molecular flexibility index (Phi) is 5.38. The van der Waals surface area contributed by atoms with Crippen molar-refractivity contribution in [2.75, 3.05) is 38.6 Å². The van der Waals surface area contributed by atoms with E-state index in [1.807, 2.05) is 7.05 Å². The minimum Gasteiger partial charge on any atom is -0.357 e. The Morgan fingerprint density at radius 1 is 1.35 bits per heavy atom. The molecule has 20 heavy (non-hydrogen) atoms. The topological polar surface area (TPSA) is 31.4 Å². The molecule has 0 radical (unpaired) electrons. The molecule has 0 aliphatic carbocycles. The Morgan fingerprint density at radius 3 is 2.65 bits per heavy atom. The van der Waals surface area contributed by atoms with Crippen LogP contribution >= 0.6 is 0 Å². The van der Waals surface area contributed by atoms with E-state index in [1.165, 1.54) is 38.0 Å². The molecule has 1 aromatic heterocycles. The van der Waals surface area contributed by atoms with E-state index in [0.29, 0.717) is 6.04 Å². The highest BCUT2D eigenvalue weighted by atomic mass is 15.2. The highest BCUT2D eigenvalue weighted by Crippen LogP contribution is 2.22. The van der Waals surface area contributed by atoms with Crippen molar-refractivity contribution in [3.63, 3.8) is 0 Å². The zero-order valence-electron chi connectivity index (χ0n) is 13.3. The molecule has 4 nitrogen and oxygen atoms in total. The van der Waals surface area contributed by atoms with E-state index in [2.05, 4.69) is 48.1 Å². The number of anilines is 1. The summed E-state index contributed by atoms with van der Waals surface area (Å²) in [4.78, 5) is 9.62. The molecule has 0 aromatic carbocycles. The smallest absolute Gasteiger partial charge is 0.129 e. The first kappa shape index (κ1) is 15.3. The molecule has 1 aliphatic heterocycles. The molecular formula is C16H28N4. The second kappa shape index (κ2) is 7.04. The van der Waals surface area contributed by atoms with Crippen molar-refractivity contribution in [2.45, 2.75) is 39.3 Å². The minimum atomic E-state index is 0.620. The highest BCUT2D eigenvalue weighted by molar-refractivity contribution is 5.43. The van der Waals surface area contributed by atoms with Crippen LogP contribution in [0.2, 0.25) is 0 Å². The van der Waals surface area contributed by atoms with E-state index in [1.54, 1.807) is 0 Å². The maximum Gasteiger partial charge on any atom is 0.129 e. The molecular weight excluding hydrogens is 248 g/mol. The quantitative estimate of drug-likeness (QED) is 0.891. The van der Waals surface area contributed by atoms with Crippen LogP contribution in [0.1, 0.15) is 31.0 Å². The van der Waals surface area contributed by atoms with Crippen molar-refractivity contribution in [3.8, 4) is 0 Å². The molecule has 0 unspecified atom stereocenters. The third-order valence-corrected chi connectivity index (χ3v) is 4.29. The molecule has 2 heterocycles. The van der Waals surface area contributed by atoms with Crippen LogP contribution in [0, 0.1) is 6.92 Å². The average molecular weight is 276 g/mol. The number of hydrogen-bond donors (Lipinski definition) is 1. The first-order chi connectivity index (χ1) is 9.63. The second-order valence-corrected chi connectivity index (χ2v) is 5.78. The fourth-order valence-corrected chi connectivity index (χ4v) is 3.02. The van der Waals surface area contributed by atoms with Gasteiger partial charge in [0.2, 0.25) is 0 Å². The molecule has 2 rings (SSSR count). The molecule has 1 N–H and O–H groups in total. The summed E-state index contributed by atoms with van der Waals surface area (Å²) in [5.74, 6) is 1.12. The summed E-state index contributed by atoms with van der Waals surface area (Å²) in [5, 5.41) is 3.22. The van der Waals surface area contributed by atoms with Gasteiger partial charge in [0.15, 0.2) is 0 Å². The van der Waals surface area contributed by atoms with Gasteiger partial charge in [-0.15, -0.1) is 0 Å². The van der Waals surface area contributed by atoms with Crippen LogP contribution in [0.3, 0.4) is 0 Å². The van der Waals surface area contributed by atoms with E-state index in [0.717, 1.165) is 18.1 Å². The first-order valence-electron chi connectivity index (χ1n) is 7.71. The van der Waals surface area contributed by atoms with Gasteiger partial charge in [-0.25, -0.2) is 4.98 Å². The molecule has 1 saturated heterocycles. The summed E-state index contributed by atoms with van der Waals surface area (Å²) in [6.07, 6.45) is 2.47. The van der Waals surface area contributed by atoms with E-state index in [9.17, 15) is 0 Å². The van der Waals surface area contributed by atoms with Gasteiger partial charge in [0.05, 0.1) is 0 Å². The lowest BCUT2D eigenvalue weighted by Crippen LogP contribution is -2.43. The highest BCUT2D eigenvalue weighted by Gasteiger charge is 2.22. The molecule has 1 fully saturated rings. The van der Waals surface area contributed by atoms with Crippen LogP contribution in [-0.4, -0.2) is 49.7 Å². The lowest BCUT2D eigenvalue weighted by Gasteiger charge is -2.37. The van der Waals surface area contributed by atoms with Crippen LogP contribution in [0.15, 0.2) is 12.1 Å². The Morgan fingerprint density at radius 2 is 2.05 bits per heavy atom. The van der Waals surface area contributed by atoms with Crippen LogP contribution in [0.4, 0.5) is 5.82 Å². The van der Waals surface area contributed by atoms with Crippen LogP contribution in [0.25, 0.3) is 0 Å². The zero-order valence-corrected chi connectivity index (χ0v) is 13.3. The van der Waals surface area contributed by atoms with Crippen molar-refractivity contribution in [2.24, 2.45) is 0 Å². The number of rotatable bonds is 5. The Labute approximate surface area is 123 Å². The third-order valence-electron chi connectivity index (χ3n) is 4.29. The van der Waals surface area contributed by atoms with Gasteiger partial charge in [-0.3, -0.25) is 0 Å². The van der Waals surface area contributed by atoms with E-state index >= 15 is 0 Å². The van der Waals surface area contributed by atoms with Crippen molar-refractivity contribution < 1.29 is 0 Å². The van der Waals surface area contributed by atoms with E-state index in [-0.39, 0.29) is 0 Å². The number of aromatic nitrogens is 1. The molecule has 0 amide bonds. The number of pyridine rings is 1. The van der Waals surface area contributed by atoms with Gasteiger partial charge in [0, 0.05) is 38.4 Å². The lowest BCUT2D eigenvalue weighted by molar-refractivity contribution is 0.220. The normalized spacial score (nSPS) is 17.4. The van der Waals surface area contributed by atoms with Crippen molar-refractivity contribution in [1.29, 1.82) is 0 Å². The van der Waals surface area contributed by atoms with E-state index in [4.69, 9.17) is 4.98 Å². The SMILES string of the molecule is CCN1CCC(N(C)c2cc(CNC)cc(C)n2)CC1. The minimum absolute atomic E-state index is 0.620.